The lowest BCUT2D eigenvalue weighted by molar-refractivity contribution is 0.102. The van der Waals surface area contributed by atoms with Crippen LogP contribution in [0.25, 0.3) is 10.2 Å². The maximum atomic E-state index is 13.1. The molecule has 1 aliphatic rings. The number of nitrogens with zero attached hydrogens (tertiary/aromatic N) is 2. The summed E-state index contributed by atoms with van der Waals surface area (Å²) in [6, 6.07) is 11.9. The Labute approximate surface area is 178 Å². The normalized spacial score (nSPS) is 18.1. The molecule has 2 heterocycles. The maximum absolute atomic E-state index is 13.1. The first-order chi connectivity index (χ1) is 13.8. The predicted octanol–water partition coefficient (Wildman–Crippen LogP) is 4.62. The molecule has 0 saturated carbocycles. The van der Waals surface area contributed by atoms with Crippen LogP contribution in [0.4, 0.5) is 5.13 Å². The molecule has 1 aliphatic heterocycles. The molecule has 29 heavy (non-hydrogen) atoms. The minimum absolute atomic E-state index is 0.0368. The van der Waals surface area contributed by atoms with Crippen LogP contribution in [0, 0.1) is 5.92 Å². The fourth-order valence-electron chi connectivity index (χ4n) is 3.44. The van der Waals surface area contributed by atoms with Gasteiger partial charge in [0.25, 0.3) is 5.91 Å². The van der Waals surface area contributed by atoms with Crippen LogP contribution >= 0.6 is 22.9 Å². The smallest absolute Gasteiger partial charge is 0.257 e. The number of halogens is 1. The third kappa shape index (κ3) is 4.16. The van der Waals surface area contributed by atoms with Gasteiger partial charge < -0.3 is 0 Å². The van der Waals surface area contributed by atoms with Gasteiger partial charge in [-0.3, -0.25) is 10.1 Å². The van der Waals surface area contributed by atoms with Crippen molar-refractivity contribution in [3.05, 3.63) is 53.1 Å². The van der Waals surface area contributed by atoms with Crippen molar-refractivity contribution in [2.75, 3.05) is 18.4 Å². The number of hydrogen-bond donors (Lipinski definition) is 1. The van der Waals surface area contributed by atoms with Crippen molar-refractivity contribution in [3.63, 3.8) is 0 Å². The summed E-state index contributed by atoms with van der Waals surface area (Å²) in [5.74, 6) is -0.132. The number of carbonyl (C=O) groups excluding carboxylic acids is 1. The summed E-state index contributed by atoms with van der Waals surface area (Å²) < 4.78 is 28.6. The Balaban J connectivity index is 1.61. The first-order valence-electron chi connectivity index (χ1n) is 9.31. The standard InChI is InChI=1S/C20H20ClN3O3S2/c1-13-5-4-10-24(12-13)29(26,27)18-11-14(8-9-15(18)21)19(25)23-20-22-16-6-2-3-7-17(16)28-20/h2-3,6-9,11,13H,4-5,10,12H2,1H3,(H,22,23,25). The molecule has 3 aromatic rings. The second kappa shape index (κ2) is 8.02. The van der Waals surface area contributed by atoms with E-state index in [1.54, 1.807) is 0 Å². The molecular formula is C20H20ClN3O3S2. The molecule has 0 radical (unpaired) electrons. The van der Waals surface area contributed by atoms with Gasteiger partial charge in [0.15, 0.2) is 5.13 Å². The lowest BCUT2D eigenvalue weighted by atomic mass is 10.0. The number of hydrogen-bond acceptors (Lipinski definition) is 5. The van der Waals surface area contributed by atoms with Crippen LogP contribution in [0.5, 0.6) is 0 Å². The Morgan fingerprint density at radius 1 is 1.28 bits per heavy atom. The van der Waals surface area contributed by atoms with Crippen LogP contribution in [0.2, 0.25) is 5.02 Å². The van der Waals surface area contributed by atoms with Gasteiger partial charge in [-0.05, 0) is 49.1 Å². The summed E-state index contributed by atoms with van der Waals surface area (Å²) in [7, 11) is -3.77. The SMILES string of the molecule is CC1CCCN(S(=O)(=O)c2cc(C(=O)Nc3nc4ccccc4s3)ccc2Cl)C1. The van der Waals surface area contributed by atoms with Crippen molar-refractivity contribution < 1.29 is 13.2 Å². The molecule has 1 amide bonds. The number of amides is 1. The zero-order valence-electron chi connectivity index (χ0n) is 15.8. The molecule has 0 spiro atoms. The Morgan fingerprint density at radius 2 is 2.07 bits per heavy atom. The van der Waals surface area contributed by atoms with Crippen LogP contribution < -0.4 is 5.32 Å². The van der Waals surface area contributed by atoms with Crippen molar-refractivity contribution in [2.45, 2.75) is 24.7 Å². The quantitative estimate of drug-likeness (QED) is 0.630. The third-order valence-corrected chi connectivity index (χ3v) is 8.24. The highest BCUT2D eigenvalue weighted by Gasteiger charge is 2.31. The number of nitrogens with one attached hydrogen (secondary N) is 1. The molecule has 152 valence electrons. The van der Waals surface area contributed by atoms with Crippen LogP contribution in [0.1, 0.15) is 30.1 Å². The molecule has 1 saturated heterocycles. The molecule has 1 atom stereocenters. The highest BCUT2D eigenvalue weighted by molar-refractivity contribution is 7.89. The van der Waals surface area contributed by atoms with E-state index in [0.717, 1.165) is 23.1 Å². The molecule has 2 aromatic carbocycles. The minimum atomic E-state index is -3.77. The zero-order chi connectivity index (χ0) is 20.6. The average molecular weight is 450 g/mol. The number of piperidine rings is 1. The van der Waals surface area contributed by atoms with Crippen molar-refractivity contribution in [1.82, 2.24) is 9.29 Å². The van der Waals surface area contributed by atoms with E-state index in [1.165, 1.54) is 33.8 Å². The van der Waals surface area contributed by atoms with Gasteiger partial charge in [-0.1, -0.05) is 42.0 Å². The fourth-order valence-corrected chi connectivity index (χ4v) is 6.40. The van der Waals surface area contributed by atoms with E-state index in [2.05, 4.69) is 10.3 Å². The molecule has 4 rings (SSSR count). The van der Waals surface area contributed by atoms with Crippen molar-refractivity contribution >= 4 is 54.2 Å². The van der Waals surface area contributed by atoms with Gasteiger partial charge in [0, 0.05) is 18.7 Å². The number of fused-ring (bicyclic) bond motifs is 1. The summed E-state index contributed by atoms with van der Waals surface area (Å²) >= 11 is 7.57. The van der Waals surface area contributed by atoms with E-state index in [4.69, 9.17) is 11.6 Å². The molecule has 1 aromatic heterocycles. The summed E-state index contributed by atoms with van der Waals surface area (Å²) in [5.41, 5.74) is 1.02. The topological polar surface area (TPSA) is 79.4 Å². The van der Waals surface area contributed by atoms with Gasteiger partial charge >= 0.3 is 0 Å². The molecule has 0 bridgehead atoms. The van der Waals surface area contributed by atoms with Crippen molar-refractivity contribution in [1.29, 1.82) is 0 Å². The van der Waals surface area contributed by atoms with E-state index in [1.807, 2.05) is 31.2 Å². The Morgan fingerprint density at radius 3 is 2.83 bits per heavy atom. The van der Waals surface area contributed by atoms with E-state index < -0.39 is 15.9 Å². The average Bonchev–Trinajstić information content (AvgIpc) is 3.10. The number of sulfonamides is 1. The Bertz CT molecular complexity index is 1140. The van der Waals surface area contributed by atoms with Crippen molar-refractivity contribution in [3.8, 4) is 0 Å². The largest absolute Gasteiger partial charge is 0.298 e. The number of benzene rings is 2. The van der Waals surface area contributed by atoms with Gasteiger partial charge in [0.2, 0.25) is 10.0 Å². The van der Waals surface area contributed by atoms with E-state index >= 15 is 0 Å². The van der Waals surface area contributed by atoms with Crippen molar-refractivity contribution in [2.24, 2.45) is 5.92 Å². The number of carbonyl (C=O) groups is 1. The van der Waals surface area contributed by atoms with Crippen LogP contribution in [0.15, 0.2) is 47.4 Å². The molecule has 1 fully saturated rings. The summed E-state index contributed by atoms with van der Waals surface area (Å²) in [6.45, 7) is 2.96. The van der Waals surface area contributed by atoms with Gasteiger partial charge in [0.1, 0.15) is 4.90 Å². The minimum Gasteiger partial charge on any atom is -0.298 e. The monoisotopic (exact) mass is 449 g/mol. The van der Waals surface area contributed by atoms with Crippen LogP contribution in [0.3, 0.4) is 0 Å². The molecule has 1 unspecified atom stereocenters. The number of anilines is 1. The first kappa shape index (κ1) is 20.3. The van der Waals surface area contributed by atoms with E-state index in [0.29, 0.717) is 24.1 Å². The maximum Gasteiger partial charge on any atom is 0.257 e. The number of para-hydroxylation sites is 1. The molecule has 6 nitrogen and oxygen atoms in total. The molecule has 9 heteroatoms. The van der Waals surface area contributed by atoms with E-state index in [-0.39, 0.29) is 15.5 Å². The third-order valence-electron chi connectivity index (χ3n) is 4.95. The molecule has 1 N–H and O–H groups in total. The number of rotatable bonds is 4. The Hall–Kier alpha value is -2.00. The highest BCUT2D eigenvalue weighted by atomic mass is 35.5. The van der Waals surface area contributed by atoms with Gasteiger partial charge in [-0.15, -0.1) is 0 Å². The fraction of sp³-hybridized carbons (Fsp3) is 0.300. The first-order valence-corrected chi connectivity index (χ1v) is 11.9. The second-order valence-electron chi connectivity index (χ2n) is 7.20. The lowest BCUT2D eigenvalue weighted by Crippen LogP contribution is -2.39. The van der Waals surface area contributed by atoms with E-state index in [9.17, 15) is 13.2 Å². The Kier molecular flexibility index (Phi) is 5.61. The molecule has 0 aliphatic carbocycles. The van der Waals surface area contributed by atoms with Crippen LogP contribution in [-0.4, -0.2) is 36.7 Å². The zero-order valence-corrected chi connectivity index (χ0v) is 18.1. The number of aromatic nitrogens is 1. The summed E-state index contributed by atoms with van der Waals surface area (Å²) in [5, 5.41) is 3.32. The lowest BCUT2D eigenvalue weighted by Gasteiger charge is -2.30. The summed E-state index contributed by atoms with van der Waals surface area (Å²) in [6.07, 6.45) is 1.82. The van der Waals surface area contributed by atoms with Gasteiger partial charge in [-0.2, -0.15) is 4.31 Å². The van der Waals surface area contributed by atoms with Crippen LogP contribution in [-0.2, 0) is 10.0 Å². The van der Waals surface area contributed by atoms with Gasteiger partial charge in [-0.25, -0.2) is 13.4 Å². The molecular weight excluding hydrogens is 430 g/mol. The van der Waals surface area contributed by atoms with Gasteiger partial charge in [0.05, 0.1) is 15.2 Å². The highest BCUT2D eigenvalue weighted by Crippen LogP contribution is 2.30. The number of thiazole rings is 1. The summed E-state index contributed by atoms with van der Waals surface area (Å²) in [4.78, 5) is 17.1. The predicted molar refractivity (Wildman–Crippen MR) is 116 cm³/mol. The second-order valence-corrected chi connectivity index (χ2v) is 10.5.